The van der Waals surface area contributed by atoms with E-state index in [-0.39, 0.29) is 6.10 Å². The quantitative estimate of drug-likeness (QED) is 0.642. The van der Waals surface area contributed by atoms with Crippen LogP contribution in [0.2, 0.25) is 0 Å². The Morgan fingerprint density at radius 2 is 2.39 bits per heavy atom. The number of aromatic nitrogens is 2. The van der Waals surface area contributed by atoms with Gasteiger partial charge < -0.3 is 14.7 Å². The SMILES string of the molecule is COC1CC(C(=O)O)N(c2cc(SC)ncn2)C1. The van der Waals surface area contributed by atoms with Gasteiger partial charge in [-0.3, -0.25) is 0 Å². The molecule has 1 saturated heterocycles. The van der Waals surface area contributed by atoms with Crippen LogP contribution in [0.1, 0.15) is 6.42 Å². The number of rotatable bonds is 4. The van der Waals surface area contributed by atoms with E-state index in [2.05, 4.69) is 9.97 Å². The highest BCUT2D eigenvalue weighted by atomic mass is 32.2. The standard InChI is InChI=1S/C11H15N3O3S/c1-17-7-3-8(11(15)16)14(5-7)9-4-10(18-2)13-6-12-9/h4,6-8H,3,5H2,1-2H3,(H,15,16). The fourth-order valence-electron chi connectivity index (χ4n) is 2.05. The molecule has 0 radical (unpaired) electrons. The van der Waals surface area contributed by atoms with Gasteiger partial charge in [-0.2, -0.15) is 0 Å². The molecule has 1 fully saturated rings. The van der Waals surface area contributed by atoms with E-state index in [0.29, 0.717) is 18.8 Å². The summed E-state index contributed by atoms with van der Waals surface area (Å²) < 4.78 is 5.25. The van der Waals surface area contributed by atoms with Gasteiger partial charge in [-0.05, 0) is 6.26 Å². The Morgan fingerprint density at radius 1 is 1.61 bits per heavy atom. The lowest BCUT2D eigenvalue weighted by atomic mass is 10.2. The molecular weight excluding hydrogens is 254 g/mol. The zero-order valence-electron chi connectivity index (χ0n) is 10.2. The van der Waals surface area contributed by atoms with Crippen LogP contribution >= 0.6 is 11.8 Å². The van der Waals surface area contributed by atoms with Crippen LogP contribution in [-0.4, -0.2) is 53.1 Å². The first kappa shape index (κ1) is 13.1. The third-order valence-corrected chi connectivity index (χ3v) is 3.65. The van der Waals surface area contributed by atoms with Crippen LogP contribution in [0.25, 0.3) is 0 Å². The van der Waals surface area contributed by atoms with Crippen molar-refractivity contribution in [3.05, 3.63) is 12.4 Å². The van der Waals surface area contributed by atoms with E-state index in [1.807, 2.05) is 6.26 Å². The van der Waals surface area contributed by atoms with Crippen molar-refractivity contribution in [2.75, 3.05) is 24.8 Å². The maximum Gasteiger partial charge on any atom is 0.326 e. The van der Waals surface area contributed by atoms with Crippen LogP contribution in [0.4, 0.5) is 5.82 Å². The molecule has 0 aromatic carbocycles. The van der Waals surface area contributed by atoms with Crippen molar-refractivity contribution in [1.82, 2.24) is 9.97 Å². The van der Waals surface area contributed by atoms with Crippen LogP contribution in [0, 0.1) is 0 Å². The summed E-state index contributed by atoms with van der Waals surface area (Å²) >= 11 is 1.50. The topological polar surface area (TPSA) is 75.6 Å². The molecular formula is C11H15N3O3S. The van der Waals surface area contributed by atoms with Crippen molar-refractivity contribution in [3.8, 4) is 0 Å². The molecule has 1 aliphatic heterocycles. The molecule has 0 bridgehead atoms. The van der Waals surface area contributed by atoms with Gasteiger partial charge in [-0.1, -0.05) is 0 Å². The van der Waals surface area contributed by atoms with E-state index in [4.69, 9.17) is 4.74 Å². The largest absolute Gasteiger partial charge is 0.480 e. The van der Waals surface area contributed by atoms with E-state index >= 15 is 0 Å². The first-order chi connectivity index (χ1) is 8.65. The third-order valence-electron chi connectivity index (χ3n) is 3.01. The van der Waals surface area contributed by atoms with E-state index < -0.39 is 12.0 Å². The predicted molar refractivity (Wildman–Crippen MR) is 68.0 cm³/mol. The molecule has 0 amide bonds. The van der Waals surface area contributed by atoms with Gasteiger partial charge in [-0.25, -0.2) is 14.8 Å². The minimum Gasteiger partial charge on any atom is -0.480 e. The molecule has 2 rings (SSSR count). The van der Waals surface area contributed by atoms with Gasteiger partial charge in [0.2, 0.25) is 0 Å². The summed E-state index contributed by atoms with van der Waals surface area (Å²) in [5, 5.41) is 10.1. The average Bonchev–Trinajstić information content (AvgIpc) is 2.83. The number of hydrogen-bond acceptors (Lipinski definition) is 6. The monoisotopic (exact) mass is 269 g/mol. The van der Waals surface area contributed by atoms with Crippen LogP contribution in [0.15, 0.2) is 17.4 Å². The van der Waals surface area contributed by atoms with Crippen LogP contribution in [0.5, 0.6) is 0 Å². The number of thioether (sulfide) groups is 1. The summed E-state index contributed by atoms with van der Waals surface area (Å²) in [5.41, 5.74) is 0. The molecule has 7 heteroatoms. The lowest BCUT2D eigenvalue weighted by molar-refractivity contribution is -0.138. The summed E-state index contributed by atoms with van der Waals surface area (Å²) in [6, 6.07) is 1.22. The van der Waals surface area contributed by atoms with E-state index in [1.54, 1.807) is 18.1 Å². The number of methoxy groups -OCH3 is 1. The lowest BCUT2D eigenvalue weighted by Gasteiger charge is -2.22. The van der Waals surface area contributed by atoms with Crippen molar-refractivity contribution in [3.63, 3.8) is 0 Å². The molecule has 1 aromatic heterocycles. The summed E-state index contributed by atoms with van der Waals surface area (Å²) in [4.78, 5) is 21.3. The lowest BCUT2D eigenvalue weighted by Crippen LogP contribution is -2.36. The second-order valence-electron chi connectivity index (χ2n) is 4.02. The third kappa shape index (κ3) is 2.56. The highest BCUT2D eigenvalue weighted by Gasteiger charge is 2.37. The Kier molecular flexibility index (Phi) is 4.03. The van der Waals surface area contributed by atoms with Gasteiger partial charge in [0.25, 0.3) is 0 Å². The fraction of sp³-hybridized carbons (Fsp3) is 0.545. The van der Waals surface area contributed by atoms with E-state index in [9.17, 15) is 9.90 Å². The predicted octanol–water partition coefficient (Wildman–Crippen LogP) is 0.877. The van der Waals surface area contributed by atoms with Crippen molar-refractivity contribution in [2.45, 2.75) is 23.6 Å². The number of ether oxygens (including phenoxy) is 1. The van der Waals surface area contributed by atoms with Crippen molar-refractivity contribution in [2.24, 2.45) is 0 Å². The molecule has 0 aliphatic carbocycles. The molecule has 1 aromatic rings. The normalized spacial score (nSPS) is 23.3. The zero-order valence-corrected chi connectivity index (χ0v) is 11.1. The van der Waals surface area contributed by atoms with Crippen LogP contribution in [-0.2, 0) is 9.53 Å². The molecule has 0 spiro atoms. The summed E-state index contributed by atoms with van der Waals surface area (Å²) in [6.45, 7) is 0.540. The van der Waals surface area contributed by atoms with Gasteiger partial charge in [0.1, 0.15) is 23.2 Å². The molecule has 2 unspecified atom stereocenters. The molecule has 98 valence electrons. The van der Waals surface area contributed by atoms with Crippen molar-refractivity contribution < 1.29 is 14.6 Å². The van der Waals surface area contributed by atoms with Gasteiger partial charge >= 0.3 is 5.97 Å². The van der Waals surface area contributed by atoms with E-state index in [0.717, 1.165) is 5.03 Å². The summed E-state index contributed by atoms with van der Waals surface area (Å²) in [5.74, 6) is -0.208. The number of carboxylic acids is 1. The fourth-order valence-corrected chi connectivity index (χ4v) is 2.43. The Morgan fingerprint density at radius 3 is 3.00 bits per heavy atom. The van der Waals surface area contributed by atoms with Crippen LogP contribution < -0.4 is 4.90 Å². The number of nitrogens with zero attached hydrogens (tertiary/aromatic N) is 3. The molecule has 1 aliphatic rings. The molecule has 6 nitrogen and oxygen atoms in total. The molecule has 18 heavy (non-hydrogen) atoms. The number of carbonyl (C=O) groups is 1. The second-order valence-corrected chi connectivity index (χ2v) is 4.84. The molecule has 1 N–H and O–H groups in total. The van der Waals surface area contributed by atoms with Crippen LogP contribution in [0.3, 0.4) is 0 Å². The highest BCUT2D eigenvalue weighted by molar-refractivity contribution is 7.98. The first-order valence-electron chi connectivity index (χ1n) is 5.54. The van der Waals surface area contributed by atoms with Gasteiger partial charge in [0.05, 0.1) is 6.10 Å². The number of hydrogen-bond donors (Lipinski definition) is 1. The first-order valence-corrected chi connectivity index (χ1v) is 6.76. The Bertz CT molecular complexity index is 443. The summed E-state index contributed by atoms with van der Waals surface area (Å²) in [6.07, 6.45) is 3.78. The smallest absolute Gasteiger partial charge is 0.326 e. The van der Waals surface area contributed by atoms with E-state index in [1.165, 1.54) is 18.1 Å². The van der Waals surface area contributed by atoms with Gasteiger partial charge in [0.15, 0.2) is 0 Å². The highest BCUT2D eigenvalue weighted by Crippen LogP contribution is 2.27. The van der Waals surface area contributed by atoms with Gasteiger partial charge in [-0.15, -0.1) is 11.8 Å². The van der Waals surface area contributed by atoms with Gasteiger partial charge in [0, 0.05) is 26.1 Å². The van der Waals surface area contributed by atoms with Crippen molar-refractivity contribution >= 4 is 23.5 Å². The maximum absolute atomic E-state index is 11.3. The number of aliphatic carboxylic acids is 1. The zero-order chi connectivity index (χ0) is 13.1. The Hall–Kier alpha value is -1.34. The molecule has 2 heterocycles. The van der Waals surface area contributed by atoms with Crippen molar-refractivity contribution in [1.29, 1.82) is 0 Å². The number of anilines is 1. The maximum atomic E-state index is 11.3. The minimum atomic E-state index is -0.848. The minimum absolute atomic E-state index is 0.0706. The Balaban J connectivity index is 2.26. The Labute approximate surface area is 109 Å². The summed E-state index contributed by atoms with van der Waals surface area (Å²) in [7, 11) is 1.60. The molecule has 2 atom stereocenters. The molecule has 0 saturated carbocycles. The second kappa shape index (κ2) is 5.53. The average molecular weight is 269 g/mol. The number of carboxylic acid groups (broad SMARTS) is 1.